The Bertz CT molecular complexity index is 313. The fourth-order valence-electron chi connectivity index (χ4n) is 1.00. The number of pyridine rings is 1. The van der Waals surface area contributed by atoms with Gasteiger partial charge in [0.25, 0.3) is 0 Å². The molecule has 0 aliphatic heterocycles. The van der Waals surface area contributed by atoms with Gasteiger partial charge in [-0.1, -0.05) is 0 Å². The highest BCUT2D eigenvalue weighted by atomic mass is 15.1. The number of nitrogens with two attached hydrogens (primary N) is 1. The number of aryl methyl sites for hydroxylation is 1. The SMILES string of the molecule is Cc1ccc(NC(N)=NC(C)C)cn1. The van der Waals surface area contributed by atoms with E-state index < -0.39 is 0 Å². The van der Waals surface area contributed by atoms with Crippen molar-refractivity contribution in [2.45, 2.75) is 26.8 Å². The van der Waals surface area contributed by atoms with Crippen LogP contribution in [-0.2, 0) is 0 Å². The van der Waals surface area contributed by atoms with E-state index >= 15 is 0 Å². The molecule has 0 aliphatic rings. The minimum Gasteiger partial charge on any atom is -0.370 e. The molecule has 4 heteroatoms. The molecule has 0 amide bonds. The van der Waals surface area contributed by atoms with E-state index in [0.29, 0.717) is 5.96 Å². The average molecular weight is 192 g/mol. The quantitative estimate of drug-likeness (QED) is 0.551. The van der Waals surface area contributed by atoms with E-state index in [1.54, 1.807) is 6.20 Å². The van der Waals surface area contributed by atoms with Gasteiger partial charge >= 0.3 is 0 Å². The molecular formula is C10H16N4. The number of anilines is 1. The van der Waals surface area contributed by atoms with Crippen LogP contribution < -0.4 is 11.1 Å². The monoisotopic (exact) mass is 192 g/mol. The summed E-state index contributed by atoms with van der Waals surface area (Å²) in [4.78, 5) is 8.29. The van der Waals surface area contributed by atoms with Gasteiger partial charge in [-0.15, -0.1) is 0 Å². The molecule has 0 bridgehead atoms. The first-order chi connectivity index (χ1) is 6.58. The number of rotatable bonds is 2. The molecule has 0 atom stereocenters. The van der Waals surface area contributed by atoms with E-state index in [-0.39, 0.29) is 6.04 Å². The molecule has 0 spiro atoms. The molecule has 76 valence electrons. The van der Waals surface area contributed by atoms with Crippen molar-refractivity contribution < 1.29 is 0 Å². The van der Waals surface area contributed by atoms with E-state index in [1.807, 2.05) is 32.9 Å². The number of guanidine groups is 1. The third kappa shape index (κ3) is 3.43. The van der Waals surface area contributed by atoms with Gasteiger partial charge in [-0.3, -0.25) is 9.98 Å². The van der Waals surface area contributed by atoms with Gasteiger partial charge in [0.05, 0.1) is 11.9 Å². The van der Waals surface area contributed by atoms with Crippen LogP contribution in [0.4, 0.5) is 5.69 Å². The lowest BCUT2D eigenvalue weighted by atomic mass is 10.3. The zero-order valence-electron chi connectivity index (χ0n) is 8.78. The van der Waals surface area contributed by atoms with Gasteiger partial charge in [-0.2, -0.15) is 0 Å². The standard InChI is InChI=1S/C10H16N4/c1-7(2)13-10(11)14-9-5-4-8(3)12-6-9/h4-7H,1-3H3,(H3,11,13,14). The maximum atomic E-state index is 5.66. The van der Waals surface area contributed by atoms with Gasteiger partial charge in [0.15, 0.2) is 5.96 Å². The molecule has 0 aromatic carbocycles. The molecule has 0 saturated carbocycles. The van der Waals surface area contributed by atoms with E-state index in [9.17, 15) is 0 Å². The van der Waals surface area contributed by atoms with Crippen molar-refractivity contribution in [3.63, 3.8) is 0 Å². The highest BCUT2D eigenvalue weighted by Gasteiger charge is 1.96. The van der Waals surface area contributed by atoms with Gasteiger partial charge in [0.2, 0.25) is 0 Å². The minimum atomic E-state index is 0.195. The van der Waals surface area contributed by atoms with Crippen LogP contribution in [0.2, 0.25) is 0 Å². The molecule has 14 heavy (non-hydrogen) atoms. The fraction of sp³-hybridized carbons (Fsp3) is 0.400. The molecule has 1 heterocycles. The number of hydrogen-bond acceptors (Lipinski definition) is 2. The summed E-state index contributed by atoms with van der Waals surface area (Å²) in [6.07, 6.45) is 1.73. The first-order valence-electron chi connectivity index (χ1n) is 4.61. The second-order valence-corrected chi connectivity index (χ2v) is 3.42. The topological polar surface area (TPSA) is 63.3 Å². The maximum Gasteiger partial charge on any atom is 0.193 e. The normalized spacial score (nSPS) is 11.9. The highest BCUT2D eigenvalue weighted by Crippen LogP contribution is 2.04. The zero-order valence-corrected chi connectivity index (χ0v) is 8.78. The Labute approximate surface area is 84.3 Å². The second-order valence-electron chi connectivity index (χ2n) is 3.42. The number of nitrogens with one attached hydrogen (secondary N) is 1. The van der Waals surface area contributed by atoms with Crippen LogP contribution in [0, 0.1) is 6.92 Å². The van der Waals surface area contributed by atoms with Crippen molar-refractivity contribution in [1.29, 1.82) is 0 Å². The Kier molecular flexibility index (Phi) is 3.45. The van der Waals surface area contributed by atoms with Gasteiger partial charge in [-0.05, 0) is 32.9 Å². The van der Waals surface area contributed by atoms with Crippen LogP contribution in [0.5, 0.6) is 0 Å². The van der Waals surface area contributed by atoms with E-state index in [2.05, 4.69) is 15.3 Å². The predicted molar refractivity (Wildman–Crippen MR) is 59.4 cm³/mol. The fourth-order valence-corrected chi connectivity index (χ4v) is 1.00. The van der Waals surface area contributed by atoms with Crippen molar-refractivity contribution in [2.75, 3.05) is 5.32 Å². The summed E-state index contributed by atoms with van der Waals surface area (Å²) in [5.74, 6) is 0.422. The Morgan fingerprint density at radius 3 is 2.71 bits per heavy atom. The summed E-state index contributed by atoms with van der Waals surface area (Å²) in [5.41, 5.74) is 7.50. The van der Waals surface area contributed by atoms with Gasteiger partial charge < -0.3 is 11.1 Å². The Morgan fingerprint density at radius 1 is 1.50 bits per heavy atom. The molecule has 0 unspecified atom stereocenters. The maximum absolute atomic E-state index is 5.66. The highest BCUT2D eigenvalue weighted by molar-refractivity contribution is 5.92. The Balaban J connectivity index is 2.65. The van der Waals surface area contributed by atoms with Crippen LogP contribution in [0.3, 0.4) is 0 Å². The van der Waals surface area contributed by atoms with Crippen LogP contribution in [0.15, 0.2) is 23.3 Å². The molecule has 1 aromatic rings. The van der Waals surface area contributed by atoms with E-state index in [4.69, 9.17) is 5.73 Å². The van der Waals surface area contributed by atoms with Crippen molar-refractivity contribution in [3.05, 3.63) is 24.0 Å². The summed E-state index contributed by atoms with van der Waals surface area (Å²) >= 11 is 0. The summed E-state index contributed by atoms with van der Waals surface area (Å²) < 4.78 is 0. The molecule has 0 saturated heterocycles. The lowest BCUT2D eigenvalue weighted by Gasteiger charge is -2.06. The molecule has 0 fully saturated rings. The lowest BCUT2D eigenvalue weighted by molar-refractivity contribution is 0.833. The van der Waals surface area contributed by atoms with E-state index in [0.717, 1.165) is 11.4 Å². The minimum absolute atomic E-state index is 0.195. The summed E-state index contributed by atoms with van der Waals surface area (Å²) in [6, 6.07) is 4.04. The average Bonchev–Trinajstić information content (AvgIpc) is 2.07. The van der Waals surface area contributed by atoms with Crippen molar-refractivity contribution in [3.8, 4) is 0 Å². The Morgan fingerprint density at radius 2 is 2.21 bits per heavy atom. The summed E-state index contributed by atoms with van der Waals surface area (Å²) in [5, 5.41) is 2.97. The smallest absolute Gasteiger partial charge is 0.193 e. The van der Waals surface area contributed by atoms with Crippen LogP contribution >= 0.6 is 0 Å². The first-order valence-corrected chi connectivity index (χ1v) is 4.61. The molecule has 3 N–H and O–H groups in total. The molecular weight excluding hydrogens is 176 g/mol. The number of aromatic nitrogens is 1. The van der Waals surface area contributed by atoms with Crippen LogP contribution in [0.25, 0.3) is 0 Å². The van der Waals surface area contributed by atoms with Crippen LogP contribution in [-0.4, -0.2) is 17.0 Å². The Hall–Kier alpha value is -1.58. The summed E-state index contributed by atoms with van der Waals surface area (Å²) in [6.45, 7) is 5.89. The number of hydrogen-bond donors (Lipinski definition) is 2. The molecule has 1 rings (SSSR count). The first kappa shape index (κ1) is 10.5. The zero-order chi connectivity index (χ0) is 10.6. The molecule has 0 aliphatic carbocycles. The summed E-state index contributed by atoms with van der Waals surface area (Å²) in [7, 11) is 0. The van der Waals surface area contributed by atoms with Gasteiger partial charge in [-0.25, -0.2) is 0 Å². The van der Waals surface area contributed by atoms with E-state index in [1.165, 1.54) is 0 Å². The molecule has 0 radical (unpaired) electrons. The second kappa shape index (κ2) is 4.60. The number of aliphatic imine (C=N–C) groups is 1. The van der Waals surface area contributed by atoms with Crippen molar-refractivity contribution in [2.24, 2.45) is 10.7 Å². The predicted octanol–water partition coefficient (Wildman–Crippen LogP) is 1.53. The lowest BCUT2D eigenvalue weighted by Crippen LogP contribution is -2.24. The largest absolute Gasteiger partial charge is 0.370 e. The third-order valence-electron chi connectivity index (χ3n) is 1.58. The van der Waals surface area contributed by atoms with Gasteiger partial charge in [0.1, 0.15) is 0 Å². The van der Waals surface area contributed by atoms with Gasteiger partial charge in [0, 0.05) is 11.7 Å². The molecule has 1 aromatic heterocycles. The third-order valence-corrected chi connectivity index (χ3v) is 1.58. The van der Waals surface area contributed by atoms with Crippen LogP contribution in [0.1, 0.15) is 19.5 Å². The van der Waals surface area contributed by atoms with Crippen molar-refractivity contribution in [1.82, 2.24) is 4.98 Å². The number of nitrogens with zero attached hydrogens (tertiary/aromatic N) is 2. The molecule has 4 nitrogen and oxygen atoms in total. The van der Waals surface area contributed by atoms with Crippen molar-refractivity contribution >= 4 is 11.6 Å².